The van der Waals surface area contributed by atoms with E-state index in [9.17, 15) is 9.59 Å². The molecule has 0 atom stereocenters. The summed E-state index contributed by atoms with van der Waals surface area (Å²) in [6.45, 7) is 10.7. The van der Waals surface area contributed by atoms with Crippen LogP contribution in [0, 0.1) is 0 Å². The number of amides is 2. The molecule has 2 amide bonds. The lowest BCUT2D eigenvalue weighted by Gasteiger charge is -2.21. The van der Waals surface area contributed by atoms with Crippen LogP contribution in [0.5, 0.6) is 0 Å². The molecule has 1 N–H and O–H groups in total. The monoisotopic (exact) mass is 444 g/mol. The number of nitrogens with one attached hydrogen (secondary N) is 1. The molecule has 4 nitrogen and oxygen atoms in total. The van der Waals surface area contributed by atoms with Gasteiger partial charge in [-0.05, 0) is 58.2 Å². The van der Waals surface area contributed by atoms with Crippen molar-refractivity contribution in [1.82, 2.24) is 0 Å². The van der Waals surface area contributed by atoms with Gasteiger partial charge >= 0.3 is 0 Å². The Kier molecular flexibility index (Phi) is 5.78. The van der Waals surface area contributed by atoms with E-state index in [1.54, 1.807) is 0 Å². The first-order chi connectivity index (χ1) is 15.2. The number of thiophene rings is 1. The van der Waals surface area contributed by atoms with Crippen LogP contribution >= 0.6 is 11.3 Å². The van der Waals surface area contributed by atoms with E-state index in [1.807, 2.05) is 66.0 Å². The molecule has 0 saturated carbocycles. The molecule has 2 aromatic carbocycles. The van der Waals surface area contributed by atoms with Crippen LogP contribution in [0.4, 0.5) is 11.4 Å². The summed E-state index contributed by atoms with van der Waals surface area (Å²) < 4.78 is 0. The van der Waals surface area contributed by atoms with E-state index in [0.717, 1.165) is 16.1 Å². The van der Waals surface area contributed by atoms with Crippen LogP contribution < -0.4 is 10.2 Å². The van der Waals surface area contributed by atoms with Gasteiger partial charge in [0.05, 0.1) is 11.3 Å². The van der Waals surface area contributed by atoms with E-state index >= 15 is 0 Å². The van der Waals surface area contributed by atoms with Crippen molar-refractivity contribution in [2.24, 2.45) is 0 Å². The molecule has 0 saturated heterocycles. The van der Waals surface area contributed by atoms with Crippen LogP contribution in [-0.2, 0) is 15.0 Å². The van der Waals surface area contributed by atoms with Gasteiger partial charge in [0.15, 0.2) is 0 Å². The van der Waals surface area contributed by atoms with Gasteiger partial charge in [-0.3, -0.25) is 9.59 Å². The number of benzene rings is 2. The molecule has 1 aromatic heterocycles. The SMILES string of the molecule is CC(C)c1ccc(NC2=C(c3cccs3)C(=O)N(c3ccc(C(C)(C)C)cc3)C2=O)cc1. The molecule has 1 aliphatic rings. The van der Waals surface area contributed by atoms with E-state index in [4.69, 9.17) is 0 Å². The molecule has 0 aliphatic carbocycles. The van der Waals surface area contributed by atoms with Crippen molar-refractivity contribution in [1.29, 1.82) is 0 Å². The Labute approximate surface area is 193 Å². The lowest BCUT2D eigenvalue weighted by Crippen LogP contribution is -2.32. The third kappa shape index (κ3) is 4.13. The number of carbonyl (C=O) groups excluding carboxylic acids is 2. The summed E-state index contributed by atoms with van der Waals surface area (Å²) >= 11 is 1.45. The Morgan fingerprint density at radius 2 is 1.53 bits per heavy atom. The summed E-state index contributed by atoms with van der Waals surface area (Å²) in [6.07, 6.45) is 0. The highest BCUT2D eigenvalue weighted by Gasteiger charge is 2.40. The number of hydrogen-bond donors (Lipinski definition) is 1. The fourth-order valence-corrected chi connectivity index (χ4v) is 4.50. The highest BCUT2D eigenvalue weighted by atomic mass is 32.1. The minimum Gasteiger partial charge on any atom is -0.350 e. The molecule has 5 heteroatoms. The van der Waals surface area contributed by atoms with Gasteiger partial charge in [-0.15, -0.1) is 11.3 Å². The maximum atomic E-state index is 13.5. The quantitative estimate of drug-likeness (QED) is 0.453. The fraction of sp³-hybridized carbons (Fsp3) is 0.259. The van der Waals surface area contributed by atoms with Crippen LogP contribution in [0.25, 0.3) is 5.57 Å². The molecule has 3 aromatic rings. The Balaban J connectivity index is 1.71. The van der Waals surface area contributed by atoms with E-state index < -0.39 is 0 Å². The molecule has 0 spiro atoms. The van der Waals surface area contributed by atoms with Crippen molar-refractivity contribution in [3.05, 3.63) is 87.7 Å². The van der Waals surface area contributed by atoms with Gasteiger partial charge in [-0.1, -0.05) is 65.0 Å². The third-order valence-corrected chi connectivity index (χ3v) is 6.58. The first-order valence-corrected chi connectivity index (χ1v) is 11.7. The second kappa shape index (κ2) is 8.40. The second-order valence-corrected chi connectivity index (χ2v) is 10.3. The first kappa shape index (κ1) is 22.0. The molecule has 0 bridgehead atoms. The Morgan fingerprint density at radius 3 is 2.06 bits per heavy atom. The largest absolute Gasteiger partial charge is 0.350 e. The molecule has 164 valence electrons. The van der Waals surface area contributed by atoms with Gasteiger partial charge in [0, 0.05) is 10.6 Å². The van der Waals surface area contributed by atoms with Gasteiger partial charge in [0.25, 0.3) is 11.8 Å². The molecular formula is C27H28N2O2S. The molecule has 0 unspecified atom stereocenters. The normalized spacial score (nSPS) is 14.6. The Hall–Kier alpha value is -3.18. The molecule has 2 heterocycles. The minimum absolute atomic E-state index is 0.00714. The molecule has 32 heavy (non-hydrogen) atoms. The molecule has 1 aliphatic heterocycles. The standard InChI is InChI=1S/C27H28N2O2S/c1-17(2)18-8-12-20(13-9-18)28-24-23(22-7-6-16-32-22)25(30)29(26(24)31)21-14-10-19(11-15-21)27(3,4)5/h6-17,28H,1-5H3. The smallest absolute Gasteiger partial charge is 0.282 e. The van der Waals surface area contributed by atoms with E-state index in [1.165, 1.54) is 21.8 Å². The predicted molar refractivity (Wildman–Crippen MR) is 133 cm³/mol. The summed E-state index contributed by atoms with van der Waals surface area (Å²) in [5.41, 5.74) is 4.45. The van der Waals surface area contributed by atoms with Crippen LogP contribution in [0.2, 0.25) is 0 Å². The second-order valence-electron chi connectivity index (χ2n) is 9.37. The highest BCUT2D eigenvalue weighted by molar-refractivity contribution is 7.11. The van der Waals surface area contributed by atoms with Gasteiger partial charge in [0.1, 0.15) is 5.70 Å². The summed E-state index contributed by atoms with van der Waals surface area (Å²) in [5.74, 6) is -0.219. The zero-order valence-electron chi connectivity index (χ0n) is 19.1. The predicted octanol–water partition coefficient (Wildman–Crippen LogP) is 6.57. The average molecular weight is 445 g/mol. The molecule has 0 fully saturated rings. The van der Waals surface area contributed by atoms with Crippen molar-refractivity contribution in [3.63, 3.8) is 0 Å². The lowest BCUT2D eigenvalue weighted by atomic mass is 9.87. The number of rotatable bonds is 5. The van der Waals surface area contributed by atoms with Crippen LogP contribution in [0.1, 0.15) is 56.5 Å². The number of carbonyl (C=O) groups is 2. The first-order valence-electron chi connectivity index (χ1n) is 10.8. The maximum Gasteiger partial charge on any atom is 0.282 e. The van der Waals surface area contributed by atoms with Gasteiger partial charge in [-0.25, -0.2) is 4.90 Å². The number of hydrogen-bond acceptors (Lipinski definition) is 4. The van der Waals surface area contributed by atoms with Crippen molar-refractivity contribution >= 4 is 40.1 Å². The zero-order valence-corrected chi connectivity index (χ0v) is 19.9. The van der Waals surface area contributed by atoms with Gasteiger partial charge < -0.3 is 5.32 Å². The van der Waals surface area contributed by atoms with Crippen molar-refractivity contribution < 1.29 is 9.59 Å². The van der Waals surface area contributed by atoms with Crippen molar-refractivity contribution in [3.8, 4) is 0 Å². The van der Waals surface area contributed by atoms with Crippen LogP contribution in [-0.4, -0.2) is 11.8 Å². The minimum atomic E-state index is -0.338. The van der Waals surface area contributed by atoms with Gasteiger partial charge in [-0.2, -0.15) is 0 Å². The maximum absolute atomic E-state index is 13.5. The summed E-state index contributed by atoms with van der Waals surface area (Å²) in [4.78, 5) is 29.0. The summed E-state index contributed by atoms with van der Waals surface area (Å²) in [5, 5.41) is 5.15. The highest BCUT2D eigenvalue weighted by Crippen LogP contribution is 2.36. The average Bonchev–Trinajstić information content (AvgIpc) is 3.35. The van der Waals surface area contributed by atoms with Crippen molar-refractivity contribution in [2.45, 2.75) is 46.0 Å². The molecule has 0 radical (unpaired) electrons. The number of anilines is 2. The summed E-state index contributed by atoms with van der Waals surface area (Å²) in [6, 6.07) is 19.4. The van der Waals surface area contributed by atoms with E-state index in [2.05, 4.69) is 39.9 Å². The molecule has 4 rings (SSSR count). The summed E-state index contributed by atoms with van der Waals surface area (Å²) in [7, 11) is 0. The lowest BCUT2D eigenvalue weighted by molar-refractivity contribution is -0.120. The van der Waals surface area contributed by atoms with E-state index in [0.29, 0.717) is 22.9 Å². The Bertz CT molecular complexity index is 1170. The zero-order chi connectivity index (χ0) is 23.0. The van der Waals surface area contributed by atoms with Gasteiger partial charge in [0.2, 0.25) is 0 Å². The van der Waals surface area contributed by atoms with E-state index in [-0.39, 0.29) is 17.2 Å². The van der Waals surface area contributed by atoms with Crippen LogP contribution in [0.3, 0.4) is 0 Å². The number of imide groups is 1. The molecular weight excluding hydrogens is 416 g/mol. The van der Waals surface area contributed by atoms with Crippen molar-refractivity contribution in [2.75, 3.05) is 10.2 Å². The van der Waals surface area contributed by atoms with Crippen LogP contribution in [0.15, 0.2) is 71.7 Å². The third-order valence-electron chi connectivity index (χ3n) is 5.69. The Morgan fingerprint density at radius 1 is 0.875 bits per heavy atom. The number of nitrogens with zero attached hydrogens (tertiary/aromatic N) is 1. The topological polar surface area (TPSA) is 49.4 Å². The fourth-order valence-electron chi connectivity index (χ4n) is 3.74.